The molecular weight excluding hydrogens is 140 g/mol. The van der Waals surface area contributed by atoms with Gasteiger partial charge in [0.2, 0.25) is 0 Å². The van der Waals surface area contributed by atoms with Crippen LogP contribution in [0.5, 0.6) is 0 Å². The lowest BCUT2D eigenvalue weighted by atomic mass is 10.1. The van der Waals surface area contributed by atoms with Crippen LogP contribution in [0.2, 0.25) is 0 Å². The highest BCUT2D eigenvalue weighted by atomic mass is 16.5. The first-order valence-electron chi connectivity index (χ1n) is 4.30. The summed E-state index contributed by atoms with van der Waals surface area (Å²) in [6.07, 6.45) is 0.821. The first-order chi connectivity index (χ1) is 5.22. The molecule has 1 heterocycles. The molecule has 0 amide bonds. The molecule has 1 saturated heterocycles. The van der Waals surface area contributed by atoms with Crippen LogP contribution in [-0.4, -0.2) is 43.3 Å². The molecule has 1 rings (SSSR count). The fourth-order valence-electron chi connectivity index (χ4n) is 1.36. The van der Waals surface area contributed by atoms with Crippen LogP contribution in [0, 0.1) is 0 Å². The molecule has 1 aliphatic heterocycles. The van der Waals surface area contributed by atoms with Crippen molar-refractivity contribution in [3.8, 4) is 0 Å². The van der Waals surface area contributed by atoms with Gasteiger partial charge in [0.15, 0.2) is 0 Å². The van der Waals surface area contributed by atoms with Gasteiger partial charge in [-0.2, -0.15) is 0 Å². The van der Waals surface area contributed by atoms with E-state index in [1.807, 2.05) is 0 Å². The number of likely N-dealkylation sites (tertiary alicyclic amines) is 1. The third-order valence-electron chi connectivity index (χ3n) is 1.83. The molecule has 0 atom stereocenters. The van der Waals surface area contributed by atoms with Gasteiger partial charge < -0.3 is 10.5 Å². The summed E-state index contributed by atoms with van der Waals surface area (Å²) in [6, 6.07) is 0. The highest BCUT2D eigenvalue weighted by Gasteiger charge is 2.26. The summed E-state index contributed by atoms with van der Waals surface area (Å²) in [5, 5.41) is 0. The van der Waals surface area contributed by atoms with E-state index in [1.165, 1.54) is 0 Å². The Morgan fingerprint density at radius 2 is 2.18 bits per heavy atom. The molecule has 0 spiro atoms. The van der Waals surface area contributed by atoms with Crippen molar-refractivity contribution >= 4 is 0 Å². The molecule has 0 unspecified atom stereocenters. The average molecular weight is 158 g/mol. The largest absolute Gasteiger partial charge is 0.373 e. The maximum absolute atomic E-state index is 5.58. The predicted octanol–water partition coefficient (Wildman–Crippen LogP) is 0.0543. The van der Waals surface area contributed by atoms with E-state index >= 15 is 0 Å². The number of nitrogens with two attached hydrogens (primary N) is 1. The van der Waals surface area contributed by atoms with E-state index in [0.29, 0.717) is 12.2 Å². The Kier molecular flexibility index (Phi) is 3.30. The first-order valence-corrected chi connectivity index (χ1v) is 4.30. The number of hydrogen-bond donors (Lipinski definition) is 1. The van der Waals surface area contributed by atoms with Gasteiger partial charge in [0.1, 0.15) is 0 Å². The smallest absolute Gasteiger partial charge is 0.0832 e. The van der Waals surface area contributed by atoms with Crippen molar-refractivity contribution in [3.63, 3.8) is 0 Å². The second-order valence-corrected chi connectivity index (χ2v) is 3.36. The summed E-state index contributed by atoms with van der Waals surface area (Å²) >= 11 is 0. The lowest BCUT2D eigenvalue weighted by Crippen LogP contribution is -2.54. The highest BCUT2D eigenvalue weighted by Crippen LogP contribution is 2.11. The van der Waals surface area contributed by atoms with Gasteiger partial charge >= 0.3 is 0 Å². The van der Waals surface area contributed by atoms with Crippen molar-refractivity contribution in [2.24, 2.45) is 5.73 Å². The molecule has 1 aliphatic rings. The SMILES string of the molecule is CC(C)OC1CN(CCN)C1. The van der Waals surface area contributed by atoms with Crippen LogP contribution in [0.25, 0.3) is 0 Å². The van der Waals surface area contributed by atoms with E-state index in [1.54, 1.807) is 0 Å². The fraction of sp³-hybridized carbons (Fsp3) is 1.00. The van der Waals surface area contributed by atoms with Crippen molar-refractivity contribution in [3.05, 3.63) is 0 Å². The quantitative estimate of drug-likeness (QED) is 0.628. The van der Waals surface area contributed by atoms with Crippen LogP contribution in [0.4, 0.5) is 0 Å². The summed E-state index contributed by atoms with van der Waals surface area (Å²) in [7, 11) is 0. The highest BCUT2D eigenvalue weighted by molar-refractivity contribution is 4.80. The van der Waals surface area contributed by atoms with E-state index in [9.17, 15) is 0 Å². The van der Waals surface area contributed by atoms with Crippen LogP contribution in [0.3, 0.4) is 0 Å². The van der Waals surface area contributed by atoms with Gasteiger partial charge in [-0.05, 0) is 13.8 Å². The summed E-state index contributed by atoms with van der Waals surface area (Å²) in [5.41, 5.74) is 5.40. The molecule has 0 aromatic carbocycles. The summed E-state index contributed by atoms with van der Waals surface area (Å²) < 4.78 is 5.58. The molecule has 0 radical (unpaired) electrons. The molecule has 3 heteroatoms. The Hall–Kier alpha value is -0.120. The lowest BCUT2D eigenvalue weighted by molar-refractivity contribution is -0.0791. The second-order valence-electron chi connectivity index (χ2n) is 3.36. The summed E-state index contributed by atoms with van der Waals surface area (Å²) in [4.78, 5) is 2.31. The Labute approximate surface area is 68.5 Å². The van der Waals surface area contributed by atoms with E-state index < -0.39 is 0 Å². The molecule has 0 bridgehead atoms. The second kappa shape index (κ2) is 4.04. The minimum absolute atomic E-state index is 0.361. The van der Waals surface area contributed by atoms with E-state index in [2.05, 4.69) is 18.7 Å². The van der Waals surface area contributed by atoms with Gasteiger partial charge in [-0.15, -0.1) is 0 Å². The molecule has 11 heavy (non-hydrogen) atoms. The first kappa shape index (κ1) is 8.97. The molecular formula is C8H18N2O. The monoisotopic (exact) mass is 158 g/mol. The fourth-order valence-corrected chi connectivity index (χ4v) is 1.36. The minimum atomic E-state index is 0.361. The zero-order chi connectivity index (χ0) is 8.27. The molecule has 0 saturated carbocycles. The van der Waals surface area contributed by atoms with E-state index in [0.717, 1.165) is 26.2 Å². The molecule has 2 N–H and O–H groups in total. The summed E-state index contributed by atoms with van der Waals surface area (Å²) in [5.74, 6) is 0. The van der Waals surface area contributed by atoms with Crippen molar-refractivity contribution in [2.45, 2.75) is 26.1 Å². The van der Waals surface area contributed by atoms with Crippen molar-refractivity contribution in [1.82, 2.24) is 4.90 Å². The molecule has 1 fully saturated rings. The predicted molar refractivity (Wildman–Crippen MR) is 45.5 cm³/mol. The van der Waals surface area contributed by atoms with Crippen LogP contribution in [0.15, 0.2) is 0 Å². The average Bonchev–Trinajstić information content (AvgIpc) is 1.82. The third-order valence-corrected chi connectivity index (χ3v) is 1.83. The van der Waals surface area contributed by atoms with Gasteiger partial charge in [0.25, 0.3) is 0 Å². The van der Waals surface area contributed by atoms with Crippen LogP contribution in [-0.2, 0) is 4.74 Å². The molecule has 3 nitrogen and oxygen atoms in total. The van der Waals surface area contributed by atoms with Crippen molar-refractivity contribution < 1.29 is 4.74 Å². The van der Waals surface area contributed by atoms with Crippen LogP contribution >= 0.6 is 0 Å². The zero-order valence-corrected chi connectivity index (χ0v) is 7.42. The lowest BCUT2D eigenvalue weighted by Gasteiger charge is -2.39. The summed E-state index contributed by atoms with van der Waals surface area (Å²) in [6.45, 7) is 8.05. The van der Waals surface area contributed by atoms with E-state index in [-0.39, 0.29) is 0 Å². The molecule has 0 aromatic rings. The Morgan fingerprint density at radius 3 is 2.64 bits per heavy atom. The maximum Gasteiger partial charge on any atom is 0.0832 e. The number of rotatable bonds is 4. The number of ether oxygens (including phenoxy) is 1. The van der Waals surface area contributed by atoms with Gasteiger partial charge in [-0.3, -0.25) is 4.90 Å². The van der Waals surface area contributed by atoms with Crippen molar-refractivity contribution in [1.29, 1.82) is 0 Å². The van der Waals surface area contributed by atoms with Crippen molar-refractivity contribution in [2.75, 3.05) is 26.2 Å². The number of nitrogens with zero attached hydrogens (tertiary/aromatic N) is 1. The topological polar surface area (TPSA) is 38.5 Å². The molecule has 0 aliphatic carbocycles. The zero-order valence-electron chi connectivity index (χ0n) is 7.42. The Bertz CT molecular complexity index is 111. The third kappa shape index (κ3) is 2.77. The van der Waals surface area contributed by atoms with Gasteiger partial charge in [-0.1, -0.05) is 0 Å². The van der Waals surface area contributed by atoms with Gasteiger partial charge in [0, 0.05) is 26.2 Å². The standard InChI is InChI=1S/C8H18N2O/c1-7(2)11-8-5-10(6-8)4-3-9/h7-8H,3-6,9H2,1-2H3. The van der Waals surface area contributed by atoms with Crippen LogP contribution < -0.4 is 5.73 Å². The van der Waals surface area contributed by atoms with Crippen LogP contribution in [0.1, 0.15) is 13.8 Å². The number of hydrogen-bond acceptors (Lipinski definition) is 3. The van der Waals surface area contributed by atoms with E-state index in [4.69, 9.17) is 10.5 Å². The molecule has 0 aromatic heterocycles. The molecule has 66 valence electrons. The normalized spacial score (nSPS) is 20.7. The Balaban J connectivity index is 2.00. The Morgan fingerprint density at radius 1 is 1.55 bits per heavy atom. The van der Waals surface area contributed by atoms with Gasteiger partial charge in [0.05, 0.1) is 12.2 Å². The van der Waals surface area contributed by atoms with Gasteiger partial charge in [-0.25, -0.2) is 0 Å². The maximum atomic E-state index is 5.58. The minimum Gasteiger partial charge on any atom is -0.373 e.